The van der Waals surface area contributed by atoms with E-state index in [1.165, 1.54) is 0 Å². The van der Waals surface area contributed by atoms with Gasteiger partial charge >= 0.3 is 0 Å². The van der Waals surface area contributed by atoms with Crippen LogP contribution in [0.15, 0.2) is 42.5 Å². The quantitative estimate of drug-likeness (QED) is 0.366. The first-order valence-electron chi connectivity index (χ1n) is 9.60. The summed E-state index contributed by atoms with van der Waals surface area (Å²) in [7, 11) is -5.33. The Morgan fingerprint density at radius 3 is 2.53 bits per heavy atom. The predicted molar refractivity (Wildman–Crippen MR) is 118 cm³/mol. The number of hydrogen-bond acceptors (Lipinski definition) is 6. The second-order valence-electron chi connectivity index (χ2n) is 8.06. The number of hydrogen-bond donors (Lipinski definition) is 0. The van der Waals surface area contributed by atoms with Crippen LogP contribution in [0, 0.1) is 11.5 Å². The molecule has 0 bridgehead atoms. The van der Waals surface area contributed by atoms with Gasteiger partial charge in [0, 0.05) is 12.0 Å². The average Bonchev–Trinajstić information content (AvgIpc) is 3.13. The van der Waals surface area contributed by atoms with E-state index >= 15 is 0 Å². The SMILES string of the molecule is C[Si](C)(C)C#CC(Cc1ccccc1OCc1cccc2c1OCO2)OS(C)(=O)=O. The molecule has 6 nitrogen and oxygen atoms in total. The van der Waals surface area contributed by atoms with Crippen LogP contribution in [0.25, 0.3) is 0 Å². The van der Waals surface area contributed by atoms with Crippen molar-refractivity contribution in [2.45, 2.75) is 38.8 Å². The molecule has 1 heterocycles. The zero-order valence-electron chi connectivity index (χ0n) is 17.6. The molecule has 0 spiro atoms. The van der Waals surface area contributed by atoms with Crippen molar-refractivity contribution in [3.8, 4) is 28.7 Å². The van der Waals surface area contributed by atoms with Crippen molar-refractivity contribution in [1.82, 2.24) is 0 Å². The summed E-state index contributed by atoms with van der Waals surface area (Å²) in [6.45, 7) is 6.78. The molecule has 2 aromatic rings. The maximum atomic E-state index is 11.7. The number of fused-ring (bicyclic) bond motifs is 1. The van der Waals surface area contributed by atoms with E-state index in [4.69, 9.17) is 18.4 Å². The van der Waals surface area contributed by atoms with E-state index in [2.05, 4.69) is 31.1 Å². The first-order chi connectivity index (χ1) is 14.1. The average molecular weight is 447 g/mol. The molecule has 0 N–H and O–H groups in total. The van der Waals surface area contributed by atoms with Crippen molar-refractivity contribution in [2.75, 3.05) is 13.0 Å². The van der Waals surface area contributed by atoms with Gasteiger partial charge in [0.25, 0.3) is 10.1 Å². The summed E-state index contributed by atoms with van der Waals surface area (Å²) >= 11 is 0. The second-order valence-corrected chi connectivity index (χ2v) is 14.4. The van der Waals surface area contributed by atoms with E-state index in [0.29, 0.717) is 30.3 Å². The normalized spacial score (nSPS) is 14.0. The molecule has 0 saturated heterocycles. The minimum absolute atomic E-state index is 0.198. The van der Waals surface area contributed by atoms with Crippen LogP contribution in [0.3, 0.4) is 0 Å². The smallest absolute Gasteiger partial charge is 0.265 e. The highest BCUT2D eigenvalue weighted by atomic mass is 32.2. The fourth-order valence-corrected chi connectivity index (χ4v) is 4.02. The third-order valence-corrected chi connectivity index (χ3v) is 5.61. The van der Waals surface area contributed by atoms with E-state index in [1.54, 1.807) is 0 Å². The van der Waals surface area contributed by atoms with Crippen LogP contribution in [0.5, 0.6) is 17.2 Å². The lowest BCUT2D eigenvalue weighted by molar-refractivity contribution is 0.171. The summed E-state index contributed by atoms with van der Waals surface area (Å²) in [5, 5.41) is 0. The Kier molecular flexibility index (Phi) is 6.76. The van der Waals surface area contributed by atoms with E-state index < -0.39 is 24.3 Å². The zero-order valence-corrected chi connectivity index (χ0v) is 19.4. The molecule has 160 valence electrons. The Morgan fingerprint density at radius 1 is 1.07 bits per heavy atom. The van der Waals surface area contributed by atoms with Gasteiger partial charge in [-0.3, -0.25) is 4.18 Å². The Labute approximate surface area is 179 Å². The summed E-state index contributed by atoms with van der Waals surface area (Å²) in [5.74, 6) is 5.05. The summed E-state index contributed by atoms with van der Waals surface area (Å²) in [5.41, 5.74) is 4.90. The fraction of sp³-hybridized carbons (Fsp3) is 0.364. The highest BCUT2D eigenvalue weighted by molar-refractivity contribution is 7.86. The largest absolute Gasteiger partial charge is 0.488 e. The molecule has 0 fully saturated rings. The van der Waals surface area contributed by atoms with Gasteiger partial charge in [-0.25, -0.2) is 0 Å². The molecule has 1 aliphatic heterocycles. The summed E-state index contributed by atoms with van der Waals surface area (Å²) in [6.07, 6.45) is 0.568. The summed E-state index contributed by atoms with van der Waals surface area (Å²) in [6, 6.07) is 13.1. The van der Waals surface area contributed by atoms with E-state index in [1.807, 2.05) is 42.5 Å². The molecule has 3 rings (SSSR count). The van der Waals surface area contributed by atoms with E-state index in [0.717, 1.165) is 17.4 Å². The Balaban J connectivity index is 1.79. The van der Waals surface area contributed by atoms with Gasteiger partial charge in [-0.1, -0.05) is 55.9 Å². The van der Waals surface area contributed by atoms with Crippen molar-refractivity contribution in [2.24, 2.45) is 0 Å². The highest BCUT2D eigenvalue weighted by Crippen LogP contribution is 2.36. The lowest BCUT2D eigenvalue weighted by atomic mass is 10.1. The molecule has 0 aromatic heterocycles. The summed E-state index contributed by atoms with van der Waals surface area (Å²) in [4.78, 5) is 0. The van der Waals surface area contributed by atoms with Gasteiger partial charge in [0.05, 0.1) is 6.26 Å². The van der Waals surface area contributed by atoms with Crippen LogP contribution < -0.4 is 14.2 Å². The third-order valence-electron chi connectivity index (χ3n) is 4.14. The van der Waals surface area contributed by atoms with Crippen molar-refractivity contribution < 1.29 is 26.8 Å². The topological polar surface area (TPSA) is 71.1 Å². The maximum Gasteiger partial charge on any atom is 0.265 e. The van der Waals surface area contributed by atoms with Gasteiger partial charge in [-0.05, 0) is 17.7 Å². The van der Waals surface area contributed by atoms with Gasteiger partial charge in [0.15, 0.2) is 11.5 Å². The van der Waals surface area contributed by atoms with Crippen LogP contribution in [0.1, 0.15) is 11.1 Å². The predicted octanol–water partition coefficient (Wildman–Crippen LogP) is 3.76. The fourth-order valence-electron chi connectivity index (χ4n) is 2.89. The number of ether oxygens (including phenoxy) is 3. The molecule has 1 unspecified atom stereocenters. The molecular weight excluding hydrogens is 420 g/mol. The van der Waals surface area contributed by atoms with Crippen LogP contribution >= 0.6 is 0 Å². The molecule has 1 atom stereocenters. The first-order valence-corrected chi connectivity index (χ1v) is 14.9. The lowest BCUT2D eigenvalue weighted by Gasteiger charge is -2.16. The first kappa shape index (κ1) is 22.2. The van der Waals surface area contributed by atoms with Crippen LogP contribution in [-0.2, 0) is 27.3 Å². The number of rotatable bonds is 7. The van der Waals surface area contributed by atoms with Gasteiger partial charge in [0.1, 0.15) is 26.5 Å². The van der Waals surface area contributed by atoms with Crippen molar-refractivity contribution in [3.63, 3.8) is 0 Å². The van der Waals surface area contributed by atoms with Crippen LogP contribution in [0.4, 0.5) is 0 Å². The molecule has 0 radical (unpaired) electrons. The van der Waals surface area contributed by atoms with E-state index in [-0.39, 0.29) is 6.79 Å². The molecule has 0 aliphatic carbocycles. The van der Waals surface area contributed by atoms with Crippen molar-refractivity contribution in [3.05, 3.63) is 53.6 Å². The zero-order chi connectivity index (χ0) is 21.8. The number of benzene rings is 2. The molecule has 8 heteroatoms. The Hall–Kier alpha value is -2.47. The standard InChI is InChI=1S/C22H26O6SSi/c1-29(23,24)28-19(12-13-30(2,3)4)14-17-8-5-6-10-20(17)25-15-18-9-7-11-21-22(18)27-16-26-21/h5-11,19H,14-16H2,1-4H3. The van der Waals surface area contributed by atoms with Crippen molar-refractivity contribution >= 4 is 18.2 Å². The monoisotopic (exact) mass is 446 g/mol. The van der Waals surface area contributed by atoms with Gasteiger partial charge in [-0.2, -0.15) is 8.42 Å². The molecule has 0 saturated carbocycles. The Bertz CT molecular complexity index is 1060. The molecule has 0 amide bonds. The molecule has 1 aliphatic rings. The third kappa shape index (κ3) is 6.52. The van der Waals surface area contributed by atoms with E-state index in [9.17, 15) is 8.42 Å². The molecule has 2 aromatic carbocycles. The Morgan fingerprint density at radius 2 is 1.80 bits per heavy atom. The maximum absolute atomic E-state index is 11.7. The minimum atomic E-state index is -3.64. The van der Waals surface area contributed by atoms with Crippen LogP contribution in [-0.4, -0.2) is 35.6 Å². The summed E-state index contributed by atoms with van der Waals surface area (Å²) < 4.78 is 45.7. The van der Waals surface area contributed by atoms with Gasteiger partial charge in [-0.15, -0.1) is 5.54 Å². The lowest BCUT2D eigenvalue weighted by Crippen LogP contribution is -2.22. The van der Waals surface area contributed by atoms with Gasteiger partial charge in [0.2, 0.25) is 6.79 Å². The minimum Gasteiger partial charge on any atom is -0.488 e. The molecule has 30 heavy (non-hydrogen) atoms. The van der Waals surface area contributed by atoms with Crippen molar-refractivity contribution in [1.29, 1.82) is 0 Å². The van der Waals surface area contributed by atoms with Crippen LogP contribution in [0.2, 0.25) is 19.6 Å². The molecular formula is C22H26O6SSi. The van der Waals surface area contributed by atoms with Gasteiger partial charge < -0.3 is 14.2 Å². The second kappa shape index (κ2) is 9.12. The number of para-hydroxylation sites is 2. The highest BCUT2D eigenvalue weighted by Gasteiger charge is 2.20.